The molecule has 1 unspecified atom stereocenters. The molecule has 0 saturated carbocycles. The number of hydrogen-bond donors (Lipinski definition) is 1. The van der Waals surface area contributed by atoms with Crippen LogP contribution in [-0.4, -0.2) is 20.3 Å². The molecule has 2 aromatic carbocycles. The number of hydrogen-bond acceptors (Lipinski definition) is 3. The first kappa shape index (κ1) is 16.0. The molecule has 0 aliphatic heterocycles. The molecule has 5 nitrogen and oxygen atoms in total. The Hall–Kier alpha value is -3.47. The number of carbonyl (C=O) groups is 1. The van der Waals surface area contributed by atoms with Crippen LogP contribution in [0, 0.1) is 0 Å². The van der Waals surface area contributed by atoms with Crippen molar-refractivity contribution in [2.24, 2.45) is 0 Å². The summed E-state index contributed by atoms with van der Waals surface area (Å²) >= 11 is 0. The molecule has 128 valence electrons. The summed E-state index contributed by atoms with van der Waals surface area (Å²) in [5, 5.41) is 3.12. The van der Waals surface area contributed by atoms with Gasteiger partial charge in [-0.15, -0.1) is 0 Å². The van der Waals surface area contributed by atoms with Crippen molar-refractivity contribution in [3.8, 4) is 0 Å². The fourth-order valence-electron chi connectivity index (χ4n) is 2.96. The molecule has 1 amide bonds. The normalized spacial score (nSPS) is 12.0. The van der Waals surface area contributed by atoms with Crippen LogP contribution in [0.15, 0.2) is 85.3 Å². The van der Waals surface area contributed by atoms with E-state index in [9.17, 15) is 4.79 Å². The summed E-state index contributed by atoms with van der Waals surface area (Å²) in [6.07, 6.45) is 5.89. The molecule has 0 bridgehead atoms. The van der Waals surface area contributed by atoms with Crippen molar-refractivity contribution < 1.29 is 4.79 Å². The lowest BCUT2D eigenvalue weighted by Gasteiger charge is -2.19. The minimum atomic E-state index is -0.208. The zero-order chi connectivity index (χ0) is 17.8. The van der Waals surface area contributed by atoms with Crippen molar-refractivity contribution in [2.75, 3.05) is 0 Å². The van der Waals surface area contributed by atoms with E-state index in [1.165, 1.54) is 5.56 Å². The molecule has 0 aliphatic rings. The van der Waals surface area contributed by atoms with Gasteiger partial charge in [0, 0.05) is 18.6 Å². The van der Waals surface area contributed by atoms with Crippen LogP contribution in [0.25, 0.3) is 5.78 Å². The molecule has 4 rings (SSSR count). The highest BCUT2D eigenvalue weighted by Crippen LogP contribution is 2.19. The van der Waals surface area contributed by atoms with Crippen molar-refractivity contribution in [3.05, 3.63) is 102 Å². The molecule has 1 N–H and O–H groups in total. The minimum Gasteiger partial charge on any atom is -0.344 e. The van der Waals surface area contributed by atoms with E-state index in [1.54, 1.807) is 22.9 Å². The first-order chi connectivity index (χ1) is 12.8. The van der Waals surface area contributed by atoms with E-state index in [0.29, 0.717) is 17.9 Å². The maximum Gasteiger partial charge on any atom is 0.272 e. The van der Waals surface area contributed by atoms with Gasteiger partial charge in [0.2, 0.25) is 5.78 Å². The van der Waals surface area contributed by atoms with Gasteiger partial charge in [-0.3, -0.25) is 9.20 Å². The van der Waals surface area contributed by atoms with E-state index in [0.717, 1.165) is 5.56 Å². The summed E-state index contributed by atoms with van der Waals surface area (Å²) in [4.78, 5) is 21.2. The second-order valence-electron chi connectivity index (χ2n) is 6.08. The fraction of sp³-hybridized carbons (Fsp3) is 0.0952. The molecular weight excluding hydrogens is 324 g/mol. The molecule has 0 aliphatic carbocycles. The summed E-state index contributed by atoms with van der Waals surface area (Å²) < 4.78 is 1.74. The average Bonchev–Trinajstić information content (AvgIpc) is 3.13. The lowest BCUT2D eigenvalue weighted by molar-refractivity contribution is 0.0932. The molecule has 2 heterocycles. The third-order valence-electron chi connectivity index (χ3n) is 4.26. The summed E-state index contributed by atoms with van der Waals surface area (Å²) in [7, 11) is 0. The highest BCUT2D eigenvalue weighted by Gasteiger charge is 2.18. The van der Waals surface area contributed by atoms with Crippen molar-refractivity contribution >= 4 is 11.7 Å². The summed E-state index contributed by atoms with van der Waals surface area (Å²) in [5.41, 5.74) is 2.59. The van der Waals surface area contributed by atoms with Gasteiger partial charge < -0.3 is 5.32 Å². The Labute approximate surface area is 151 Å². The first-order valence-electron chi connectivity index (χ1n) is 8.49. The van der Waals surface area contributed by atoms with Gasteiger partial charge in [-0.1, -0.05) is 60.7 Å². The SMILES string of the molecule is O=C(NC(Cc1ccccc1)c1ccccc1)c1cn2cccnc2n1. The molecule has 0 radical (unpaired) electrons. The summed E-state index contributed by atoms with van der Waals surface area (Å²) in [6, 6.07) is 21.8. The Kier molecular flexibility index (Phi) is 4.43. The second kappa shape index (κ2) is 7.19. The molecule has 0 saturated heterocycles. The van der Waals surface area contributed by atoms with Crippen LogP contribution in [0.4, 0.5) is 0 Å². The summed E-state index contributed by atoms with van der Waals surface area (Å²) in [6.45, 7) is 0. The topological polar surface area (TPSA) is 59.3 Å². The highest BCUT2D eigenvalue weighted by molar-refractivity contribution is 5.93. The zero-order valence-corrected chi connectivity index (χ0v) is 14.1. The van der Waals surface area contributed by atoms with Crippen LogP contribution in [0.1, 0.15) is 27.7 Å². The predicted octanol–water partition coefficient (Wildman–Crippen LogP) is 3.44. The zero-order valence-electron chi connectivity index (χ0n) is 14.1. The fourth-order valence-corrected chi connectivity index (χ4v) is 2.96. The maximum absolute atomic E-state index is 12.8. The lowest BCUT2D eigenvalue weighted by Crippen LogP contribution is -2.30. The number of carbonyl (C=O) groups excluding carboxylic acids is 1. The Bertz CT molecular complexity index is 979. The average molecular weight is 342 g/mol. The van der Waals surface area contributed by atoms with Gasteiger partial charge in [0.25, 0.3) is 5.91 Å². The van der Waals surface area contributed by atoms with Gasteiger partial charge in [-0.05, 0) is 23.6 Å². The minimum absolute atomic E-state index is 0.135. The highest BCUT2D eigenvalue weighted by atomic mass is 16.2. The van der Waals surface area contributed by atoms with Crippen molar-refractivity contribution in [1.82, 2.24) is 19.7 Å². The smallest absolute Gasteiger partial charge is 0.272 e. The molecule has 0 spiro atoms. The van der Waals surface area contributed by atoms with Gasteiger partial charge >= 0.3 is 0 Å². The third kappa shape index (κ3) is 3.47. The number of nitrogens with one attached hydrogen (secondary N) is 1. The van der Waals surface area contributed by atoms with E-state index in [1.807, 2.05) is 54.7 Å². The van der Waals surface area contributed by atoms with Crippen LogP contribution in [0.2, 0.25) is 0 Å². The monoisotopic (exact) mass is 342 g/mol. The van der Waals surface area contributed by atoms with Gasteiger partial charge in [-0.2, -0.15) is 0 Å². The summed E-state index contributed by atoms with van der Waals surface area (Å²) in [5.74, 6) is 0.303. The van der Waals surface area contributed by atoms with E-state index < -0.39 is 0 Å². The Morgan fingerprint density at radius 3 is 2.46 bits per heavy atom. The number of fused-ring (bicyclic) bond motifs is 1. The van der Waals surface area contributed by atoms with Crippen LogP contribution in [0.3, 0.4) is 0 Å². The Balaban J connectivity index is 1.60. The second-order valence-corrected chi connectivity index (χ2v) is 6.08. The van der Waals surface area contributed by atoms with Gasteiger partial charge in [-0.25, -0.2) is 9.97 Å². The standard InChI is InChI=1S/C21H18N4O/c26-20(19-15-25-13-7-12-22-21(25)24-19)23-18(17-10-5-2-6-11-17)14-16-8-3-1-4-9-16/h1-13,15,18H,14H2,(H,23,26). The number of imidazole rings is 1. The number of nitrogens with zero attached hydrogens (tertiary/aromatic N) is 3. The number of aromatic nitrogens is 3. The van der Waals surface area contributed by atoms with Crippen LogP contribution in [0.5, 0.6) is 0 Å². The molecule has 2 aromatic heterocycles. The van der Waals surface area contributed by atoms with Gasteiger partial charge in [0.05, 0.1) is 6.04 Å². The molecule has 1 atom stereocenters. The maximum atomic E-state index is 12.8. The Morgan fingerprint density at radius 1 is 1.00 bits per heavy atom. The quantitative estimate of drug-likeness (QED) is 0.604. The predicted molar refractivity (Wildman–Crippen MR) is 99.8 cm³/mol. The van der Waals surface area contributed by atoms with E-state index >= 15 is 0 Å². The van der Waals surface area contributed by atoms with Crippen molar-refractivity contribution in [2.45, 2.75) is 12.5 Å². The lowest BCUT2D eigenvalue weighted by atomic mass is 9.99. The first-order valence-corrected chi connectivity index (χ1v) is 8.49. The third-order valence-corrected chi connectivity index (χ3v) is 4.26. The molecule has 5 heteroatoms. The van der Waals surface area contributed by atoms with E-state index in [2.05, 4.69) is 27.4 Å². The van der Waals surface area contributed by atoms with E-state index in [4.69, 9.17) is 0 Å². The largest absolute Gasteiger partial charge is 0.344 e. The molecule has 0 fully saturated rings. The van der Waals surface area contributed by atoms with Gasteiger partial charge in [0.15, 0.2) is 0 Å². The van der Waals surface area contributed by atoms with Gasteiger partial charge in [0.1, 0.15) is 5.69 Å². The van der Waals surface area contributed by atoms with Crippen LogP contribution < -0.4 is 5.32 Å². The number of benzene rings is 2. The van der Waals surface area contributed by atoms with Crippen molar-refractivity contribution in [3.63, 3.8) is 0 Å². The Morgan fingerprint density at radius 2 is 1.73 bits per heavy atom. The van der Waals surface area contributed by atoms with Crippen molar-refractivity contribution in [1.29, 1.82) is 0 Å². The van der Waals surface area contributed by atoms with E-state index in [-0.39, 0.29) is 11.9 Å². The number of rotatable bonds is 5. The molecular formula is C21H18N4O. The number of amides is 1. The van der Waals surface area contributed by atoms with Crippen LogP contribution >= 0.6 is 0 Å². The molecule has 4 aromatic rings. The van der Waals surface area contributed by atoms with Crippen LogP contribution in [-0.2, 0) is 6.42 Å². The molecule has 26 heavy (non-hydrogen) atoms.